The number of carbonyl (C=O) groups excluding carboxylic acids is 3. The van der Waals surface area contributed by atoms with E-state index in [9.17, 15) is 23.9 Å². The predicted octanol–water partition coefficient (Wildman–Crippen LogP) is 4.66. The summed E-state index contributed by atoms with van der Waals surface area (Å²) >= 11 is 0. The molecule has 4 rings (SSSR count). The first-order chi connectivity index (χ1) is 19.6. The zero-order chi connectivity index (χ0) is 29.5. The van der Waals surface area contributed by atoms with Crippen LogP contribution < -0.4 is 20.7 Å². The van der Waals surface area contributed by atoms with Crippen LogP contribution in [0, 0.1) is 11.7 Å². The van der Waals surface area contributed by atoms with Gasteiger partial charge in [0.2, 0.25) is 0 Å². The number of aliphatic hydroxyl groups is 1. The summed E-state index contributed by atoms with van der Waals surface area (Å²) < 4.78 is 19.5. The molecule has 222 valence electrons. The number of carbonyl (C=O) groups is 3. The van der Waals surface area contributed by atoms with Gasteiger partial charge in [-0.15, -0.1) is 0 Å². The minimum Gasteiger partial charge on any atom is -0.487 e. The molecule has 11 heteroatoms. The van der Waals surface area contributed by atoms with E-state index in [0.29, 0.717) is 30.2 Å². The van der Waals surface area contributed by atoms with Gasteiger partial charge in [0.05, 0.1) is 24.8 Å². The van der Waals surface area contributed by atoms with Gasteiger partial charge in [0.25, 0.3) is 5.91 Å². The normalized spacial score (nSPS) is 20.1. The lowest BCUT2D eigenvalue weighted by molar-refractivity contribution is 0.0366. The largest absolute Gasteiger partial charge is 0.487 e. The van der Waals surface area contributed by atoms with Gasteiger partial charge in [0.15, 0.2) is 0 Å². The number of likely N-dealkylation sites (N-methyl/N-ethyl adjacent to an activating group) is 1. The molecule has 0 spiro atoms. The van der Waals surface area contributed by atoms with Crippen molar-refractivity contribution in [2.24, 2.45) is 5.92 Å². The average Bonchev–Trinajstić information content (AvgIpc) is 2.96. The third kappa shape index (κ3) is 7.87. The molecule has 1 fully saturated rings. The number of benzene rings is 2. The van der Waals surface area contributed by atoms with Crippen LogP contribution in [0.2, 0.25) is 0 Å². The molecule has 4 N–H and O–H groups in total. The molecule has 0 saturated heterocycles. The number of amides is 5. The van der Waals surface area contributed by atoms with Crippen molar-refractivity contribution >= 4 is 29.3 Å². The van der Waals surface area contributed by atoms with Gasteiger partial charge in [-0.2, -0.15) is 0 Å². The second-order valence-electron chi connectivity index (χ2n) is 11.1. The molecule has 0 radical (unpaired) electrons. The number of ether oxygens (including phenoxy) is 1. The number of fused-ring (bicyclic) bond motifs is 1. The molecule has 5 amide bonds. The number of nitrogens with zero attached hydrogens (tertiary/aromatic N) is 2. The lowest BCUT2D eigenvalue weighted by Crippen LogP contribution is -2.52. The Bertz CT molecular complexity index is 1220. The van der Waals surface area contributed by atoms with Gasteiger partial charge in [0.1, 0.15) is 17.7 Å². The minimum atomic E-state index is -0.562. The molecule has 1 aliphatic heterocycles. The van der Waals surface area contributed by atoms with Crippen LogP contribution in [0.3, 0.4) is 0 Å². The SMILES string of the molecule is C[C@H]1CN([C@@H](C)CO)C(=O)c2cc(NC(=O)Nc3ccc(F)cc3)ccc2O[C@H]1CN(C)C(=O)NC1CCCCC1. The monoisotopic (exact) mass is 569 g/mol. The van der Waals surface area contributed by atoms with Gasteiger partial charge >= 0.3 is 12.1 Å². The average molecular weight is 570 g/mol. The Hall–Kier alpha value is -3.86. The Morgan fingerprint density at radius 3 is 2.44 bits per heavy atom. The second kappa shape index (κ2) is 13.7. The van der Waals surface area contributed by atoms with Crippen LogP contribution in [0.25, 0.3) is 0 Å². The summed E-state index contributed by atoms with van der Waals surface area (Å²) in [6, 6.07) is 9.14. The van der Waals surface area contributed by atoms with Crippen LogP contribution in [0.4, 0.5) is 25.4 Å². The number of anilines is 2. The summed E-state index contributed by atoms with van der Waals surface area (Å²) in [6.45, 7) is 4.12. The molecule has 2 aromatic carbocycles. The van der Waals surface area contributed by atoms with Gasteiger partial charge in [0, 0.05) is 36.9 Å². The van der Waals surface area contributed by atoms with Crippen LogP contribution in [0.1, 0.15) is 56.3 Å². The predicted molar refractivity (Wildman–Crippen MR) is 155 cm³/mol. The fraction of sp³-hybridized carbons (Fsp3) is 0.500. The Morgan fingerprint density at radius 2 is 1.76 bits per heavy atom. The third-order valence-corrected chi connectivity index (χ3v) is 7.76. The zero-order valence-corrected chi connectivity index (χ0v) is 23.9. The van der Waals surface area contributed by atoms with Crippen LogP contribution in [0.15, 0.2) is 42.5 Å². The number of hydrogen-bond donors (Lipinski definition) is 4. The van der Waals surface area contributed by atoms with E-state index in [1.54, 1.807) is 35.9 Å². The number of aliphatic hydroxyl groups excluding tert-OH is 1. The molecular weight excluding hydrogens is 529 g/mol. The van der Waals surface area contributed by atoms with E-state index in [-0.39, 0.29) is 36.1 Å². The Kier molecular flexibility index (Phi) is 10.0. The summed E-state index contributed by atoms with van der Waals surface area (Å²) in [7, 11) is 1.74. The zero-order valence-electron chi connectivity index (χ0n) is 23.9. The van der Waals surface area contributed by atoms with E-state index in [2.05, 4.69) is 16.0 Å². The molecule has 1 saturated carbocycles. The highest BCUT2D eigenvalue weighted by atomic mass is 19.1. The molecule has 1 heterocycles. The fourth-order valence-corrected chi connectivity index (χ4v) is 5.23. The minimum absolute atomic E-state index is 0.148. The highest BCUT2D eigenvalue weighted by molar-refractivity contribution is 6.02. The summed E-state index contributed by atoms with van der Waals surface area (Å²) in [5.41, 5.74) is 0.994. The topological polar surface area (TPSA) is 123 Å². The molecule has 2 aromatic rings. The number of halogens is 1. The summed E-state index contributed by atoms with van der Waals surface area (Å²) in [6.07, 6.45) is 4.97. The van der Waals surface area contributed by atoms with Gasteiger partial charge in [-0.05, 0) is 62.2 Å². The molecule has 10 nitrogen and oxygen atoms in total. The molecule has 0 unspecified atom stereocenters. The lowest BCUT2D eigenvalue weighted by atomic mass is 9.96. The van der Waals surface area contributed by atoms with Gasteiger partial charge in [-0.3, -0.25) is 4.79 Å². The van der Waals surface area contributed by atoms with Crippen molar-refractivity contribution in [3.63, 3.8) is 0 Å². The number of nitrogens with one attached hydrogen (secondary N) is 3. The van der Waals surface area contributed by atoms with Gasteiger partial charge < -0.3 is 35.6 Å². The maximum atomic E-state index is 13.7. The van der Waals surface area contributed by atoms with E-state index >= 15 is 0 Å². The molecular formula is C30H40FN5O5. The van der Waals surface area contributed by atoms with E-state index < -0.39 is 24.0 Å². The van der Waals surface area contributed by atoms with Crippen LogP contribution >= 0.6 is 0 Å². The van der Waals surface area contributed by atoms with Crippen molar-refractivity contribution in [1.29, 1.82) is 0 Å². The van der Waals surface area contributed by atoms with Crippen molar-refractivity contribution in [1.82, 2.24) is 15.1 Å². The van der Waals surface area contributed by atoms with E-state index in [4.69, 9.17) is 4.74 Å². The van der Waals surface area contributed by atoms with E-state index in [1.807, 2.05) is 6.92 Å². The molecule has 2 aliphatic rings. The first-order valence-corrected chi connectivity index (χ1v) is 14.2. The van der Waals surface area contributed by atoms with E-state index in [0.717, 1.165) is 25.7 Å². The summed E-state index contributed by atoms with van der Waals surface area (Å²) in [4.78, 5) is 42.4. The van der Waals surface area contributed by atoms with E-state index in [1.165, 1.54) is 36.8 Å². The summed E-state index contributed by atoms with van der Waals surface area (Å²) in [5, 5.41) is 18.3. The van der Waals surface area contributed by atoms with Crippen LogP contribution in [0.5, 0.6) is 5.75 Å². The lowest BCUT2D eigenvalue weighted by Gasteiger charge is -2.38. The highest BCUT2D eigenvalue weighted by Crippen LogP contribution is 2.31. The van der Waals surface area contributed by atoms with Crippen molar-refractivity contribution in [2.75, 3.05) is 37.4 Å². The van der Waals surface area contributed by atoms with Crippen molar-refractivity contribution in [3.8, 4) is 5.75 Å². The maximum Gasteiger partial charge on any atom is 0.323 e. The number of hydrogen-bond acceptors (Lipinski definition) is 5. The second-order valence-corrected chi connectivity index (χ2v) is 11.1. The molecule has 3 atom stereocenters. The van der Waals surface area contributed by atoms with Crippen molar-refractivity contribution < 1.29 is 28.6 Å². The van der Waals surface area contributed by atoms with Crippen molar-refractivity contribution in [2.45, 2.75) is 64.1 Å². The molecule has 0 bridgehead atoms. The fourth-order valence-electron chi connectivity index (χ4n) is 5.23. The smallest absolute Gasteiger partial charge is 0.323 e. The Balaban J connectivity index is 1.52. The standard InChI is InChI=1S/C30H40FN5O5/c1-19-16-36(20(2)18-37)28(38)25-15-24(33-29(39)32-23-11-9-21(31)10-12-23)13-14-26(25)41-27(19)17-35(3)30(40)34-22-7-5-4-6-8-22/h9-15,19-20,22,27,37H,4-8,16-18H2,1-3H3,(H,34,40)(H2,32,33,39)/t19-,20-,27-/m0/s1. The first-order valence-electron chi connectivity index (χ1n) is 14.2. The Morgan fingerprint density at radius 1 is 1.10 bits per heavy atom. The Labute approximate surface area is 240 Å². The summed E-state index contributed by atoms with van der Waals surface area (Å²) in [5.74, 6) is -0.572. The number of rotatable bonds is 7. The molecule has 1 aliphatic carbocycles. The highest BCUT2D eigenvalue weighted by Gasteiger charge is 2.34. The molecule has 41 heavy (non-hydrogen) atoms. The van der Waals surface area contributed by atoms with Crippen LogP contribution in [-0.4, -0.2) is 77.8 Å². The van der Waals surface area contributed by atoms with Crippen molar-refractivity contribution in [3.05, 3.63) is 53.8 Å². The first kappa shape index (κ1) is 30.1. The van der Waals surface area contributed by atoms with Gasteiger partial charge in [-0.25, -0.2) is 14.0 Å². The molecule has 0 aromatic heterocycles. The maximum absolute atomic E-state index is 13.7. The third-order valence-electron chi connectivity index (χ3n) is 7.76. The van der Waals surface area contributed by atoms with Gasteiger partial charge in [-0.1, -0.05) is 26.2 Å². The quantitative estimate of drug-likeness (QED) is 0.386. The van der Waals surface area contributed by atoms with Crippen LogP contribution in [-0.2, 0) is 0 Å². The number of urea groups is 2.